The van der Waals surface area contributed by atoms with Crippen LogP contribution in [-0.2, 0) is 9.53 Å². The van der Waals surface area contributed by atoms with Crippen molar-refractivity contribution in [3.63, 3.8) is 0 Å². The molecule has 0 fully saturated rings. The maximum Gasteiger partial charge on any atom is 0.306 e. The zero-order valence-corrected chi connectivity index (χ0v) is 7.49. The molecular formula is C6H11BrO2. The van der Waals surface area contributed by atoms with Crippen molar-refractivity contribution in [2.45, 2.75) is 31.7 Å². The molecule has 0 aromatic heterocycles. The molecule has 54 valence electrons. The number of alkyl halides is 1. The second kappa shape index (κ2) is 3.20. The van der Waals surface area contributed by atoms with Gasteiger partial charge < -0.3 is 4.74 Å². The van der Waals surface area contributed by atoms with E-state index in [4.69, 9.17) is 4.74 Å². The third-order valence-corrected chi connectivity index (χ3v) is 0.807. The van der Waals surface area contributed by atoms with Gasteiger partial charge in [-0.05, 0) is 29.8 Å². The highest BCUT2D eigenvalue weighted by atomic mass is 79.9. The topological polar surface area (TPSA) is 26.3 Å². The summed E-state index contributed by atoms with van der Waals surface area (Å²) in [6.45, 7) is 5.32. The number of hydrogen-bond donors (Lipinski definition) is 0. The Morgan fingerprint density at radius 3 is 2.22 bits per heavy atom. The third kappa shape index (κ3) is 5.83. The van der Waals surface area contributed by atoms with E-state index in [-0.39, 0.29) is 5.97 Å². The van der Waals surface area contributed by atoms with Gasteiger partial charge in [-0.15, -0.1) is 0 Å². The van der Waals surface area contributed by atoms with Gasteiger partial charge in [0.2, 0.25) is 0 Å². The van der Waals surface area contributed by atoms with Crippen LogP contribution < -0.4 is 0 Å². The number of halogens is 1. The van der Waals surface area contributed by atoms with Gasteiger partial charge in [-0.1, -0.05) is 6.92 Å². The lowest BCUT2D eigenvalue weighted by Crippen LogP contribution is -2.19. The lowest BCUT2D eigenvalue weighted by Gasteiger charge is -2.16. The summed E-state index contributed by atoms with van der Waals surface area (Å²) in [5, 5.41) is 0. The standard InChI is InChI=1S/C6H11BrO2/c1-4-5(8)9-6(2,3)7/h4H2,1-3H3. The van der Waals surface area contributed by atoms with Gasteiger partial charge in [0.1, 0.15) is 0 Å². The molecule has 0 aromatic rings. The van der Waals surface area contributed by atoms with Crippen LogP contribution in [0.4, 0.5) is 0 Å². The molecule has 0 aliphatic heterocycles. The molecule has 0 saturated carbocycles. The van der Waals surface area contributed by atoms with E-state index in [0.717, 1.165) is 0 Å². The van der Waals surface area contributed by atoms with Crippen LogP contribution in [0.5, 0.6) is 0 Å². The zero-order valence-electron chi connectivity index (χ0n) is 5.90. The van der Waals surface area contributed by atoms with Crippen molar-refractivity contribution >= 4 is 21.9 Å². The summed E-state index contributed by atoms with van der Waals surface area (Å²) in [5.41, 5.74) is 0. The SMILES string of the molecule is CCC(=O)OC(C)(C)Br. The van der Waals surface area contributed by atoms with Gasteiger partial charge in [-0.25, -0.2) is 0 Å². The molecule has 3 heteroatoms. The van der Waals surface area contributed by atoms with Gasteiger partial charge in [0.25, 0.3) is 0 Å². The molecule has 0 heterocycles. The Hall–Kier alpha value is -0.0500. The van der Waals surface area contributed by atoms with E-state index in [1.54, 1.807) is 20.8 Å². The predicted octanol–water partition coefficient (Wildman–Crippen LogP) is 2.07. The minimum atomic E-state index is -0.514. The lowest BCUT2D eigenvalue weighted by atomic mass is 10.4. The number of carbonyl (C=O) groups excluding carboxylic acids is 1. The first-order valence-corrected chi connectivity index (χ1v) is 3.66. The summed E-state index contributed by atoms with van der Waals surface area (Å²) < 4.78 is 4.35. The minimum Gasteiger partial charge on any atom is -0.448 e. The Balaban J connectivity index is 3.60. The minimum absolute atomic E-state index is 0.183. The van der Waals surface area contributed by atoms with E-state index in [1.165, 1.54) is 0 Å². The van der Waals surface area contributed by atoms with Gasteiger partial charge >= 0.3 is 5.97 Å². The molecule has 0 spiro atoms. The maximum absolute atomic E-state index is 10.6. The second-order valence-electron chi connectivity index (χ2n) is 2.19. The number of ether oxygens (including phenoxy) is 1. The average molecular weight is 195 g/mol. The smallest absolute Gasteiger partial charge is 0.306 e. The van der Waals surface area contributed by atoms with Crippen LogP contribution in [0, 0.1) is 0 Å². The largest absolute Gasteiger partial charge is 0.448 e. The van der Waals surface area contributed by atoms with Crippen LogP contribution in [0.1, 0.15) is 27.2 Å². The van der Waals surface area contributed by atoms with E-state index in [9.17, 15) is 4.79 Å². The van der Waals surface area contributed by atoms with Crippen molar-refractivity contribution < 1.29 is 9.53 Å². The predicted molar refractivity (Wildman–Crippen MR) is 39.4 cm³/mol. The molecule has 0 aliphatic carbocycles. The van der Waals surface area contributed by atoms with Gasteiger partial charge in [-0.3, -0.25) is 4.79 Å². The molecule has 0 saturated heterocycles. The Bertz CT molecular complexity index is 104. The molecule has 0 rings (SSSR count). The molecule has 0 unspecified atom stereocenters. The molecule has 0 atom stereocenters. The van der Waals surface area contributed by atoms with Crippen LogP contribution >= 0.6 is 15.9 Å². The number of esters is 1. The Labute approximate surface area is 63.7 Å². The summed E-state index contributed by atoms with van der Waals surface area (Å²) in [6.07, 6.45) is 0.426. The maximum atomic E-state index is 10.6. The van der Waals surface area contributed by atoms with E-state index in [2.05, 4.69) is 15.9 Å². The molecule has 9 heavy (non-hydrogen) atoms. The molecule has 0 radical (unpaired) electrons. The molecule has 0 N–H and O–H groups in total. The fraction of sp³-hybridized carbons (Fsp3) is 0.833. The second-order valence-corrected chi connectivity index (χ2v) is 4.10. The summed E-state index contributed by atoms with van der Waals surface area (Å²) >= 11 is 3.18. The molecule has 0 aromatic carbocycles. The Kier molecular flexibility index (Phi) is 3.18. The first-order chi connectivity index (χ1) is 3.95. The Morgan fingerprint density at radius 2 is 2.11 bits per heavy atom. The number of carbonyl (C=O) groups is 1. The van der Waals surface area contributed by atoms with Crippen molar-refractivity contribution in [2.75, 3.05) is 0 Å². The summed E-state index contributed by atoms with van der Waals surface area (Å²) in [7, 11) is 0. The van der Waals surface area contributed by atoms with E-state index in [0.29, 0.717) is 6.42 Å². The fourth-order valence-corrected chi connectivity index (χ4v) is 0.523. The van der Waals surface area contributed by atoms with Crippen molar-refractivity contribution in [3.8, 4) is 0 Å². The number of rotatable bonds is 2. The molecule has 0 bridgehead atoms. The summed E-state index contributed by atoms with van der Waals surface area (Å²) in [6, 6.07) is 0. The first kappa shape index (κ1) is 8.95. The normalized spacial score (nSPS) is 11.1. The van der Waals surface area contributed by atoms with E-state index >= 15 is 0 Å². The molecule has 0 amide bonds. The van der Waals surface area contributed by atoms with Crippen molar-refractivity contribution in [2.24, 2.45) is 0 Å². The molecule has 2 nitrogen and oxygen atoms in total. The monoisotopic (exact) mass is 194 g/mol. The van der Waals surface area contributed by atoms with Gasteiger partial charge in [0.05, 0.1) is 0 Å². The van der Waals surface area contributed by atoms with Gasteiger partial charge in [-0.2, -0.15) is 0 Å². The number of hydrogen-bond acceptors (Lipinski definition) is 2. The highest BCUT2D eigenvalue weighted by molar-refractivity contribution is 9.10. The van der Waals surface area contributed by atoms with Crippen LogP contribution in [0.25, 0.3) is 0 Å². The third-order valence-electron chi connectivity index (χ3n) is 0.645. The van der Waals surface area contributed by atoms with E-state index < -0.39 is 4.51 Å². The van der Waals surface area contributed by atoms with Crippen LogP contribution in [0.3, 0.4) is 0 Å². The van der Waals surface area contributed by atoms with Crippen LogP contribution in [-0.4, -0.2) is 10.5 Å². The molecule has 0 aliphatic rings. The van der Waals surface area contributed by atoms with Crippen LogP contribution in [0.2, 0.25) is 0 Å². The summed E-state index contributed by atoms with van der Waals surface area (Å²) in [5.74, 6) is -0.183. The molecular weight excluding hydrogens is 184 g/mol. The average Bonchev–Trinajstić information content (AvgIpc) is 1.62. The van der Waals surface area contributed by atoms with Gasteiger partial charge in [0.15, 0.2) is 4.51 Å². The fourth-order valence-electron chi connectivity index (χ4n) is 0.343. The van der Waals surface area contributed by atoms with Crippen molar-refractivity contribution in [3.05, 3.63) is 0 Å². The van der Waals surface area contributed by atoms with Crippen LogP contribution in [0.15, 0.2) is 0 Å². The van der Waals surface area contributed by atoms with Crippen molar-refractivity contribution in [1.82, 2.24) is 0 Å². The quantitative estimate of drug-likeness (QED) is 0.498. The van der Waals surface area contributed by atoms with Gasteiger partial charge in [0, 0.05) is 6.42 Å². The Morgan fingerprint density at radius 1 is 1.67 bits per heavy atom. The highest BCUT2D eigenvalue weighted by Crippen LogP contribution is 2.17. The van der Waals surface area contributed by atoms with Crippen molar-refractivity contribution in [1.29, 1.82) is 0 Å². The van der Waals surface area contributed by atoms with E-state index in [1.807, 2.05) is 0 Å². The zero-order chi connectivity index (χ0) is 7.49. The highest BCUT2D eigenvalue weighted by Gasteiger charge is 2.16. The lowest BCUT2D eigenvalue weighted by molar-refractivity contribution is -0.148. The summed E-state index contributed by atoms with van der Waals surface area (Å²) in [4.78, 5) is 10.6. The first-order valence-electron chi connectivity index (χ1n) is 2.86.